The van der Waals surface area contributed by atoms with E-state index in [9.17, 15) is 13.2 Å². The lowest BCUT2D eigenvalue weighted by Gasteiger charge is -1.97. The summed E-state index contributed by atoms with van der Waals surface area (Å²) < 4.78 is 21.8. The van der Waals surface area contributed by atoms with E-state index >= 15 is 0 Å². The summed E-state index contributed by atoms with van der Waals surface area (Å²) in [5.41, 5.74) is 2.76. The predicted molar refractivity (Wildman–Crippen MR) is 69.6 cm³/mol. The maximum absolute atomic E-state index is 11.1. The monoisotopic (exact) mass is 295 g/mol. The summed E-state index contributed by atoms with van der Waals surface area (Å²) in [7, 11) is -2.91. The Morgan fingerprint density at radius 1 is 1.65 bits per heavy atom. The van der Waals surface area contributed by atoms with Crippen molar-refractivity contribution in [3.8, 4) is 0 Å². The Kier molecular flexibility index (Phi) is 5.37. The van der Waals surface area contributed by atoms with E-state index in [-0.39, 0.29) is 5.75 Å². The third-order valence-corrected chi connectivity index (χ3v) is 4.81. The van der Waals surface area contributed by atoms with E-state index < -0.39 is 15.7 Å². The zero-order chi connectivity index (χ0) is 12.9. The number of carbonyl (C=O) groups is 1. The van der Waals surface area contributed by atoms with E-state index in [2.05, 4.69) is 4.98 Å². The van der Waals surface area contributed by atoms with E-state index in [1.807, 2.05) is 5.43 Å². The summed E-state index contributed by atoms with van der Waals surface area (Å²) in [5, 5.41) is 2.07. The molecule has 0 unspecified atom stereocenters. The summed E-state index contributed by atoms with van der Waals surface area (Å²) in [5.74, 6) is 5.82. The maximum atomic E-state index is 11.1. The second kappa shape index (κ2) is 6.34. The molecule has 0 radical (unpaired) electrons. The average Bonchev–Trinajstić information content (AvgIpc) is 2.70. The van der Waals surface area contributed by atoms with E-state index in [1.54, 1.807) is 5.38 Å². The van der Waals surface area contributed by atoms with Crippen LogP contribution in [0.5, 0.6) is 0 Å². The third-order valence-electron chi connectivity index (χ3n) is 1.73. The maximum Gasteiger partial charge on any atom is 0.294 e. The highest BCUT2D eigenvalue weighted by Gasteiger charge is 2.09. The number of nitrogens with one attached hydrogen (secondary N) is 1. The molecule has 0 aliphatic heterocycles. The van der Waals surface area contributed by atoms with Gasteiger partial charge < -0.3 is 0 Å². The van der Waals surface area contributed by atoms with Gasteiger partial charge in [-0.1, -0.05) is 0 Å². The molecule has 1 rings (SSSR count). The van der Waals surface area contributed by atoms with Crippen LogP contribution in [-0.2, 0) is 15.6 Å². The summed E-state index contributed by atoms with van der Waals surface area (Å²) >= 11 is 2.68. The largest absolute Gasteiger partial charge is 0.294 e. The first kappa shape index (κ1) is 14.4. The second-order valence-corrected chi connectivity index (χ2v) is 7.52. The molecule has 0 saturated carbocycles. The molecular formula is C8H13N3O3S3. The lowest BCUT2D eigenvalue weighted by Crippen LogP contribution is -2.29. The van der Waals surface area contributed by atoms with Crippen LogP contribution in [0.1, 0.15) is 15.5 Å². The lowest BCUT2D eigenvalue weighted by atomic mass is 10.5. The van der Waals surface area contributed by atoms with Crippen LogP contribution < -0.4 is 11.3 Å². The van der Waals surface area contributed by atoms with Crippen LogP contribution in [0.3, 0.4) is 0 Å². The van der Waals surface area contributed by atoms with Gasteiger partial charge in [-0.15, -0.1) is 11.3 Å². The number of aromatic nitrogens is 1. The van der Waals surface area contributed by atoms with Crippen molar-refractivity contribution in [1.29, 1.82) is 0 Å². The number of nitrogens with two attached hydrogens (primary N) is 1. The fraction of sp³-hybridized carbons (Fsp3) is 0.500. The van der Waals surface area contributed by atoms with Crippen LogP contribution >= 0.6 is 23.1 Å². The van der Waals surface area contributed by atoms with Crippen molar-refractivity contribution in [2.24, 2.45) is 5.84 Å². The van der Waals surface area contributed by atoms with Gasteiger partial charge in [0.1, 0.15) is 9.84 Å². The number of sulfone groups is 1. The number of amides is 1. The minimum Gasteiger partial charge on any atom is -0.288 e. The van der Waals surface area contributed by atoms with Gasteiger partial charge in [-0.3, -0.25) is 10.2 Å². The number of hydrogen-bond donors (Lipinski definition) is 2. The Morgan fingerprint density at radius 2 is 2.35 bits per heavy atom. The van der Waals surface area contributed by atoms with Crippen LogP contribution in [0.25, 0.3) is 0 Å². The molecule has 1 amide bonds. The first-order valence-corrected chi connectivity index (χ1v) is 8.72. The number of hydrogen-bond acceptors (Lipinski definition) is 7. The quantitative estimate of drug-likeness (QED) is 0.332. The van der Waals surface area contributed by atoms with Crippen molar-refractivity contribution < 1.29 is 13.2 Å². The summed E-state index contributed by atoms with van der Waals surface area (Å²) in [6.45, 7) is 0. The molecule has 9 heteroatoms. The SMILES string of the molecule is CS(=O)(=O)CCSCc1csc(C(=O)NN)n1. The molecule has 0 bridgehead atoms. The molecule has 0 atom stereocenters. The first-order chi connectivity index (χ1) is 7.92. The number of thiazole rings is 1. The number of thioether (sulfide) groups is 1. The Morgan fingerprint density at radius 3 is 2.94 bits per heavy atom. The molecule has 6 nitrogen and oxygen atoms in total. The minimum absolute atomic E-state index is 0.151. The topological polar surface area (TPSA) is 102 Å². The summed E-state index contributed by atoms with van der Waals surface area (Å²) in [6.07, 6.45) is 1.21. The minimum atomic E-state index is -2.91. The Labute approximate surface area is 108 Å². The zero-order valence-electron chi connectivity index (χ0n) is 9.17. The number of rotatable bonds is 6. The fourth-order valence-electron chi connectivity index (χ4n) is 0.926. The normalized spacial score (nSPS) is 11.4. The second-order valence-electron chi connectivity index (χ2n) is 3.30. The number of hydrazine groups is 1. The molecule has 0 fully saturated rings. The molecule has 1 heterocycles. The molecule has 1 aromatic heterocycles. The lowest BCUT2D eigenvalue weighted by molar-refractivity contribution is 0.0953. The first-order valence-electron chi connectivity index (χ1n) is 4.63. The van der Waals surface area contributed by atoms with Crippen LogP contribution in [0.4, 0.5) is 0 Å². The summed E-state index contributed by atoms with van der Waals surface area (Å²) in [4.78, 5) is 15.2. The molecule has 96 valence electrons. The van der Waals surface area contributed by atoms with Crippen LogP contribution in [0.2, 0.25) is 0 Å². The van der Waals surface area contributed by atoms with Gasteiger partial charge in [0.15, 0.2) is 5.01 Å². The highest BCUT2D eigenvalue weighted by molar-refractivity contribution is 7.99. The van der Waals surface area contributed by atoms with E-state index in [4.69, 9.17) is 5.84 Å². The molecule has 17 heavy (non-hydrogen) atoms. The third kappa shape index (κ3) is 5.48. The fourth-order valence-corrected chi connectivity index (χ4v) is 3.94. The van der Waals surface area contributed by atoms with Crippen molar-refractivity contribution in [3.63, 3.8) is 0 Å². The van der Waals surface area contributed by atoms with Gasteiger partial charge in [-0.2, -0.15) is 11.8 Å². The van der Waals surface area contributed by atoms with Crippen molar-refractivity contribution in [2.45, 2.75) is 5.75 Å². The van der Waals surface area contributed by atoms with Crippen molar-refractivity contribution in [2.75, 3.05) is 17.8 Å². The number of nitrogen functional groups attached to an aromatic ring is 1. The summed E-state index contributed by atoms with van der Waals surface area (Å²) in [6, 6.07) is 0. The van der Waals surface area contributed by atoms with Gasteiger partial charge in [0, 0.05) is 23.1 Å². The molecule has 3 N–H and O–H groups in total. The molecule has 0 spiro atoms. The Hall–Kier alpha value is -0.640. The van der Waals surface area contributed by atoms with Crippen molar-refractivity contribution >= 4 is 38.8 Å². The molecule has 0 aliphatic rings. The van der Waals surface area contributed by atoms with E-state index in [0.717, 1.165) is 5.69 Å². The van der Waals surface area contributed by atoms with Gasteiger partial charge in [-0.05, 0) is 0 Å². The molecule has 0 aliphatic carbocycles. The van der Waals surface area contributed by atoms with Crippen LogP contribution in [-0.4, -0.2) is 37.1 Å². The van der Waals surface area contributed by atoms with Gasteiger partial charge >= 0.3 is 0 Å². The van der Waals surface area contributed by atoms with Crippen molar-refractivity contribution in [1.82, 2.24) is 10.4 Å². The van der Waals surface area contributed by atoms with Gasteiger partial charge in [0.05, 0.1) is 11.4 Å². The predicted octanol–water partition coefficient (Wildman–Crippen LogP) is 0.0244. The number of carbonyl (C=O) groups excluding carboxylic acids is 1. The van der Waals surface area contributed by atoms with Gasteiger partial charge in [0.2, 0.25) is 0 Å². The highest BCUT2D eigenvalue weighted by atomic mass is 32.2. The average molecular weight is 295 g/mol. The molecule has 0 saturated heterocycles. The number of nitrogens with zero attached hydrogens (tertiary/aromatic N) is 1. The molecule has 0 aromatic carbocycles. The molecular weight excluding hydrogens is 282 g/mol. The Balaban J connectivity index is 2.38. The molecule has 1 aromatic rings. The van der Waals surface area contributed by atoms with Crippen molar-refractivity contribution in [3.05, 3.63) is 16.1 Å². The smallest absolute Gasteiger partial charge is 0.288 e. The van der Waals surface area contributed by atoms with Gasteiger partial charge in [0.25, 0.3) is 5.91 Å². The Bertz CT molecular complexity index is 483. The van der Waals surface area contributed by atoms with E-state index in [0.29, 0.717) is 16.5 Å². The van der Waals surface area contributed by atoms with Crippen LogP contribution in [0, 0.1) is 0 Å². The zero-order valence-corrected chi connectivity index (χ0v) is 11.6. The van der Waals surface area contributed by atoms with Crippen LogP contribution in [0.15, 0.2) is 5.38 Å². The standard InChI is InChI=1S/C8H13N3O3S3/c1-17(13,14)3-2-15-4-6-5-16-8(10-6)7(12)11-9/h5H,2-4,9H2,1H3,(H,11,12). The van der Waals surface area contributed by atoms with E-state index in [1.165, 1.54) is 29.4 Å². The highest BCUT2D eigenvalue weighted by Crippen LogP contribution is 2.15. The van der Waals surface area contributed by atoms with Gasteiger partial charge in [-0.25, -0.2) is 19.2 Å².